The molecule has 0 aliphatic carbocycles. The molecule has 0 saturated carbocycles. The Kier molecular flexibility index (Phi) is 5.02. The molecular formula is C15H17F3N2O3. The Morgan fingerprint density at radius 3 is 2.78 bits per heavy atom. The third-order valence-corrected chi connectivity index (χ3v) is 3.22. The first kappa shape index (κ1) is 17.0. The van der Waals surface area contributed by atoms with Crippen LogP contribution in [0.25, 0.3) is 11.0 Å². The van der Waals surface area contributed by atoms with Crippen LogP contribution in [0.2, 0.25) is 0 Å². The SMILES string of the molecule is COc1cccc2cc(C(C)NC(=O)NCCC(F)(F)F)oc12. The monoisotopic (exact) mass is 330 g/mol. The van der Waals surface area contributed by atoms with E-state index >= 15 is 0 Å². The highest BCUT2D eigenvalue weighted by atomic mass is 19.4. The van der Waals surface area contributed by atoms with E-state index in [1.165, 1.54) is 7.11 Å². The third kappa shape index (κ3) is 4.54. The van der Waals surface area contributed by atoms with Crippen LogP contribution in [0.15, 0.2) is 28.7 Å². The first-order valence-electron chi connectivity index (χ1n) is 6.97. The average Bonchev–Trinajstić information content (AvgIpc) is 2.89. The number of rotatable bonds is 5. The molecular weight excluding hydrogens is 313 g/mol. The minimum atomic E-state index is -4.30. The van der Waals surface area contributed by atoms with Gasteiger partial charge in [-0.25, -0.2) is 4.79 Å². The Bertz CT molecular complexity index is 682. The molecule has 2 N–H and O–H groups in total. The maximum Gasteiger partial charge on any atom is 0.390 e. The number of halogens is 3. The summed E-state index contributed by atoms with van der Waals surface area (Å²) in [5.41, 5.74) is 0.552. The Hall–Kier alpha value is -2.38. The fraction of sp³-hybridized carbons (Fsp3) is 0.400. The maximum absolute atomic E-state index is 12.0. The molecule has 1 heterocycles. The highest BCUT2D eigenvalue weighted by Gasteiger charge is 2.26. The molecule has 1 aromatic heterocycles. The van der Waals surface area contributed by atoms with Crippen LogP contribution in [0.5, 0.6) is 5.75 Å². The van der Waals surface area contributed by atoms with Crippen LogP contribution in [0.3, 0.4) is 0 Å². The largest absolute Gasteiger partial charge is 0.493 e. The van der Waals surface area contributed by atoms with Gasteiger partial charge >= 0.3 is 12.2 Å². The normalized spacial score (nSPS) is 12.9. The number of carbonyl (C=O) groups is 1. The molecule has 2 rings (SSSR count). The topological polar surface area (TPSA) is 63.5 Å². The summed E-state index contributed by atoms with van der Waals surface area (Å²) in [7, 11) is 1.52. The van der Waals surface area contributed by atoms with Crippen LogP contribution in [0.1, 0.15) is 25.1 Å². The molecule has 0 bridgehead atoms. The van der Waals surface area contributed by atoms with Crippen molar-refractivity contribution in [2.24, 2.45) is 0 Å². The molecule has 0 aliphatic rings. The minimum Gasteiger partial charge on any atom is -0.493 e. The lowest BCUT2D eigenvalue weighted by Gasteiger charge is -2.13. The van der Waals surface area contributed by atoms with E-state index in [4.69, 9.17) is 9.15 Å². The average molecular weight is 330 g/mol. The van der Waals surface area contributed by atoms with E-state index in [9.17, 15) is 18.0 Å². The van der Waals surface area contributed by atoms with Crippen molar-refractivity contribution in [3.05, 3.63) is 30.0 Å². The molecule has 0 radical (unpaired) electrons. The van der Waals surface area contributed by atoms with Crippen LogP contribution in [0.4, 0.5) is 18.0 Å². The van der Waals surface area contributed by atoms with Gasteiger partial charge in [-0.1, -0.05) is 12.1 Å². The summed E-state index contributed by atoms with van der Waals surface area (Å²) in [5.74, 6) is 1.05. The highest BCUT2D eigenvalue weighted by Crippen LogP contribution is 2.30. The van der Waals surface area contributed by atoms with E-state index in [-0.39, 0.29) is 0 Å². The van der Waals surface area contributed by atoms with Gasteiger partial charge in [0.05, 0.1) is 19.6 Å². The molecule has 8 heteroatoms. The van der Waals surface area contributed by atoms with Gasteiger partial charge in [-0.3, -0.25) is 0 Å². The van der Waals surface area contributed by atoms with E-state index in [0.29, 0.717) is 17.1 Å². The van der Waals surface area contributed by atoms with Crippen molar-refractivity contribution in [1.29, 1.82) is 0 Å². The second-order valence-corrected chi connectivity index (χ2v) is 5.01. The molecule has 0 spiro atoms. The zero-order valence-electron chi connectivity index (χ0n) is 12.7. The Labute approximate surface area is 130 Å². The van der Waals surface area contributed by atoms with Gasteiger partial charge in [0.2, 0.25) is 0 Å². The number of ether oxygens (including phenoxy) is 1. The number of carbonyl (C=O) groups excluding carboxylic acids is 1. The summed E-state index contributed by atoms with van der Waals surface area (Å²) in [6.45, 7) is 1.20. The van der Waals surface area contributed by atoms with Gasteiger partial charge in [0, 0.05) is 11.9 Å². The molecule has 1 aromatic carbocycles. The summed E-state index contributed by atoms with van der Waals surface area (Å²) in [4.78, 5) is 11.6. The summed E-state index contributed by atoms with van der Waals surface area (Å²) in [6.07, 6.45) is -5.37. The molecule has 1 unspecified atom stereocenters. The number of amides is 2. The number of urea groups is 1. The van der Waals surface area contributed by atoms with Gasteiger partial charge in [0.25, 0.3) is 0 Å². The zero-order valence-corrected chi connectivity index (χ0v) is 12.7. The van der Waals surface area contributed by atoms with Crippen LogP contribution < -0.4 is 15.4 Å². The standard InChI is InChI=1S/C15H17F3N2O3/c1-9(20-14(21)19-7-6-15(16,17)18)12-8-10-4-3-5-11(22-2)13(10)23-12/h3-5,8-9H,6-7H2,1-2H3,(H2,19,20,21). The second kappa shape index (κ2) is 6.80. The van der Waals surface area contributed by atoms with Crippen LogP contribution in [-0.2, 0) is 0 Å². The molecule has 1 atom stereocenters. The number of para-hydroxylation sites is 1. The number of fused-ring (bicyclic) bond motifs is 1. The molecule has 0 fully saturated rings. The van der Waals surface area contributed by atoms with Gasteiger partial charge in [0.1, 0.15) is 5.76 Å². The first-order chi connectivity index (χ1) is 10.8. The van der Waals surface area contributed by atoms with Gasteiger partial charge in [-0.15, -0.1) is 0 Å². The van der Waals surface area contributed by atoms with Crippen LogP contribution in [0, 0.1) is 0 Å². The van der Waals surface area contributed by atoms with Crippen molar-refractivity contribution in [2.45, 2.75) is 25.6 Å². The lowest BCUT2D eigenvalue weighted by atomic mass is 10.2. The number of methoxy groups -OCH3 is 1. The van der Waals surface area contributed by atoms with Crippen LogP contribution in [-0.4, -0.2) is 25.9 Å². The van der Waals surface area contributed by atoms with Crippen molar-refractivity contribution >= 4 is 17.0 Å². The summed E-state index contributed by atoms with van der Waals surface area (Å²) >= 11 is 0. The predicted octanol–water partition coefficient (Wildman–Crippen LogP) is 3.75. The third-order valence-electron chi connectivity index (χ3n) is 3.22. The van der Waals surface area contributed by atoms with Crippen molar-refractivity contribution in [3.63, 3.8) is 0 Å². The maximum atomic E-state index is 12.0. The van der Waals surface area contributed by atoms with Gasteiger partial charge < -0.3 is 19.8 Å². The molecule has 0 aliphatic heterocycles. The summed E-state index contributed by atoms with van der Waals surface area (Å²) in [6, 6.07) is 5.95. The van der Waals surface area contributed by atoms with Gasteiger partial charge in [0.15, 0.2) is 11.3 Å². The number of hydrogen-bond acceptors (Lipinski definition) is 3. The van der Waals surface area contributed by atoms with Gasteiger partial charge in [-0.05, 0) is 19.1 Å². The molecule has 5 nitrogen and oxygen atoms in total. The number of furan rings is 1. The number of nitrogens with one attached hydrogen (secondary N) is 2. The van der Waals surface area contributed by atoms with E-state index in [2.05, 4.69) is 10.6 Å². The number of benzene rings is 1. The van der Waals surface area contributed by atoms with Crippen molar-refractivity contribution in [1.82, 2.24) is 10.6 Å². The Balaban J connectivity index is 1.98. The molecule has 0 saturated heterocycles. The van der Waals surface area contributed by atoms with E-state index in [1.807, 2.05) is 12.1 Å². The summed E-state index contributed by atoms with van der Waals surface area (Å²) < 4.78 is 46.9. The molecule has 23 heavy (non-hydrogen) atoms. The molecule has 2 amide bonds. The highest BCUT2D eigenvalue weighted by molar-refractivity contribution is 5.84. The summed E-state index contributed by atoms with van der Waals surface area (Å²) in [5, 5.41) is 5.50. The first-order valence-corrected chi connectivity index (χ1v) is 6.97. The predicted molar refractivity (Wildman–Crippen MR) is 78.4 cm³/mol. The van der Waals surface area contributed by atoms with Crippen molar-refractivity contribution in [2.75, 3.05) is 13.7 Å². The van der Waals surface area contributed by atoms with Crippen molar-refractivity contribution < 1.29 is 27.1 Å². The lowest BCUT2D eigenvalue weighted by Crippen LogP contribution is -2.38. The second-order valence-electron chi connectivity index (χ2n) is 5.01. The lowest BCUT2D eigenvalue weighted by molar-refractivity contribution is -0.132. The minimum absolute atomic E-state index is 0.476. The fourth-order valence-electron chi connectivity index (χ4n) is 2.07. The molecule has 126 valence electrons. The Morgan fingerprint density at radius 2 is 2.13 bits per heavy atom. The van der Waals surface area contributed by atoms with E-state index in [0.717, 1.165) is 5.39 Å². The van der Waals surface area contributed by atoms with E-state index < -0.39 is 31.2 Å². The van der Waals surface area contributed by atoms with Crippen molar-refractivity contribution in [3.8, 4) is 5.75 Å². The fourth-order valence-corrected chi connectivity index (χ4v) is 2.07. The smallest absolute Gasteiger partial charge is 0.390 e. The number of hydrogen-bond donors (Lipinski definition) is 2. The van der Waals surface area contributed by atoms with Gasteiger partial charge in [-0.2, -0.15) is 13.2 Å². The van der Waals surface area contributed by atoms with Crippen LogP contribution >= 0.6 is 0 Å². The quantitative estimate of drug-likeness (QED) is 0.877. The van der Waals surface area contributed by atoms with E-state index in [1.54, 1.807) is 19.1 Å². The molecule has 2 aromatic rings. The zero-order chi connectivity index (χ0) is 17.0. The Morgan fingerprint density at radius 1 is 1.39 bits per heavy atom. The number of alkyl halides is 3.